The van der Waals surface area contributed by atoms with Gasteiger partial charge in [0, 0.05) is 26.6 Å². The lowest BCUT2D eigenvalue weighted by Crippen LogP contribution is -2.04. The SMILES string of the molecule is [2H]C([2H])([2H])c1ccc(-c2cccc3c2oc2c(-c4nnc(C(F)(F)F)o4)c(C#N)ccc23)nc1. The number of benzene rings is 2. The molecule has 0 aliphatic rings. The topological polar surface area (TPSA) is 88.7 Å². The van der Waals surface area contributed by atoms with Gasteiger partial charge in [0.15, 0.2) is 0 Å². The number of aryl methyl sites for hydroxylation is 1. The van der Waals surface area contributed by atoms with Gasteiger partial charge in [-0.25, -0.2) is 0 Å². The number of para-hydroxylation sites is 1. The molecule has 0 aliphatic carbocycles. The van der Waals surface area contributed by atoms with E-state index in [1.807, 2.05) is 6.07 Å². The van der Waals surface area contributed by atoms with E-state index in [0.29, 0.717) is 27.6 Å². The Hall–Kier alpha value is -4.19. The Morgan fingerprint density at radius 1 is 1.00 bits per heavy atom. The van der Waals surface area contributed by atoms with Gasteiger partial charge in [0.2, 0.25) is 0 Å². The molecule has 5 rings (SSSR count). The maximum atomic E-state index is 13.0. The molecule has 3 heterocycles. The van der Waals surface area contributed by atoms with Gasteiger partial charge in [-0.05, 0) is 36.7 Å². The van der Waals surface area contributed by atoms with Gasteiger partial charge in [0.25, 0.3) is 5.89 Å². The highest BCUT2D eigenvalue weighted by Crippen LogP contribution is 2.41. The number of furan rings is 1. The summed E-state index contributed by atoms with van der Waals surface area (Å²) in [6.45, 7) is -2.31. The fourth-order valence-corrected chi connectivity index (χ4v) is 3.36. The number of rotatable bonds is 2. The van der Waals surface area contributed by atoms with E-state index >= 15 is 0 Å². The average Bonchev–Trinajstić information content (AvgIpc) is 3.43. The number of hydrogen-bond donors (Lipinski definition) is 0. The van der Waals surface area contributed by atoms with E-state index in [2.05, 4.69) is 15.2 Å². The van der Waals surface area contributed by atoms with E-state index in [9.17, 15) is 18.4 Å². The van der Waals surface area contributed by atoms with Crippen molar-refractivity contribution in [3.05, 3.63) is 65.7 Å². The summed E-state index contributed by atoms with van der Waals surface area (Å²) < 4.78 is 72.3. The highest BCUT2D eigenvalue weighted by molar-refractivity contribution is 6.13. The van der Waals surface area contributed by atoms with Gasteiger partial charge in [0.1, 0.15) is 17.2 Å². The first-order chi connectivity index (χ1) is 16.1. The minimum absolute atomic E-state index is 0.00867. The lowest BCUT2D eigenvalue weighted by Gasteiger charge is -2.02. The van der Waals surface area contributed by atoms with Crippen LogP contribution in [0.1, 0.15) is 21.1 Å². The molecule has 0 saturated carbocycles. The quantitative estimate of drug-likeness (QED) is 0.351. The van der Waals surface area contributed by atoms with E-state index in [4.69, 9.17) is 12.9 Å². The zero-order valence-electron chi connectivity index (χ0n) is 18.4. The summed E-state index contributed by atoms with van der Waals surface area (Å²) in [6.07, 6.45) is -3.60. The fraction of sp³-hybridized carbons (Fsp3) is 0.0909. The molecular formula is C22H11F3N4O2. The third kappa shape index (κ3) is 3.00. The molecule has 3 aromatic heterocycles. The average molecular weight is 423 g/mol. The van der Waals surface area contributed by atoms with Crippen molar-refractivity contribution in [3.63, 3.8) is 0 Å². The highest BCUT2D eigenvalue weighted by atomic mass is 19.4. The van der Waals surface area contributed by atoms with E-state index in [1.165, 1.54) is 18.3 Å². The summed E-state index contributed by atoms with van der Waals surface area (Å²) in [4.78, 5) is 4.24. The van der Waals surface area contributed by atoms with Crippen LogP contribution in [0.2, 0.25) is 0 Å². The first-order valence-corrected chi connectivity index (χ1v) is 8.84. The first-order valence-electron chi connectivity index (χ1n) is 10.3. The molecule has 0 saturated heterocycles. The molecule has 0 spiro atoms. The molecule has 0 aliphatic heterocycles. The van der Waals surface area contributed by atoms with Crippen molar-refractivity contribution in [2.24, 2.45) is 0 Å². The molecule has 0 fully saturated rings. The Bertz CT molecular complexity index is 1600. The van der Waals surface area contributed by atoms with Gasteiger partial charge in [-0.15, -0.1) is 10.2 Å². The van der Waals surface area contributed by atoms with Gasteiger partial charge < -0.3 is 8.83 Å². The predicted octanol–water partition coefficient (Wildman–Crippen LogP) is 5.90. The molecule has 5 aromatic rings. The largest absolute Gasteiger partial charge is 0.470 e. The van der Waals surface area contributed by atoms with Crippen molar-refractivity contribution in [1.29, 1.82) is 5.26 Å². The summed E-state index contributed by atoms with van der Waals surface area (Å²) in [5.41, 5.74) is 1.40. The van der Waals surface area contributed by atoms with Crippen LogP contribution >= 0.6 is 0 Å². The number of pyridine rings is 1. The van der Waals surface area contributed by atoms with Crippen molar-refractivity contribution in [1.82, 2.24) is 15.2 Å². The van der Waals surface area contributed by atoms with Gasteiger partial charge in [-0.3, -0.25) is 4.98 Å². The number of fused-ring (bicyclic) bond motifs is 3. The number of hydrogen-bond acceptors (Lipinski definition) is 6. The Balaban J connectivity index is 1.74. The standard InChI is InChI=1S/C22H11F3N4O2/c1-11-5-8-16(27-10-11)15-4-2-3-13-14-7-6-12(9-26)17(19(14)30-18(13)15)20-28-29-21(31-20)22(23,24)25/h2-8,10H,1H3/i1D3. The Morgan fingerprint density at radius 2 is 1.84 bits per heavy atom. The Kier molecular flexibility index (Phi) is 3.36. The summed E-state index contributed by atoms with van der Waals surface area (Å²) >= 11 is 0. The molecule has 0 amide bonds. The third-order valence-electron chi connectivity index (χ3n) is 4.71. The van der Waals surface area contributed by atoms with E-state index < -0.39 is 24.8 Å². The molecule has 0 bridgehead atoms. The van der Waals surface area contributed by atoms with Crippen LogP contribution in [-0.2, 0) is 6.18 Å². The number of aromatic nitrogens is 3. The van der Waals surface area contributed by atoms with Crippen molar-refractivity contribution < 1.29 is 26.1 Å². The summed E-state index contributed by atoms with van der Waals surface area (Å²) in [5.74, 6) is -2.05. The zero-order valence-corrected chi connectivity index (χ0v) is 15.4. The van der Waals surface area contributed by atoms with Crippen LogP contribution in [0, 0.1) is 18.2 Å². The second-order valence-corrected chi connectivity index (χ2v) is 6.60. The van der Waals surface area contributed by atoms with Gasteiger partial charge in [-0.1, -0.05) is 18.2 Å². The van der Waals surface area contributed by atoms with Crippen molar-refractivity contribution in [3.8, 4) is 28.8 Å². The van der Waals surface area contributed by atoms with E-state index in [-0.39, 0.29) is 22.3 Å². The number of nitrogens with zero attached hydrogens (tertiary/aromatic N) is 4. The van der Waals surface area contributed by atoms with Crippen molar-refractivity contribution in [2.45, 2.75) is 13.0 Å². The fourth-order valence-electron chi connectivity index (χ4n) is 3.36. The van der Waals surface area contributed by atoms with Crippen LogP contribution in [0.3, 0.4) is 0 Å². The van der Waals surface area contributed by atoms with Crippen LogP contribution in [-0.4, -0.2) is 15.2 Å². The lowest BCUT2D eigenvalue weighted by atomic mass is 10.0. The Labute approximate surface area is 176 Å². The predicted molar refractivity (Wildman–Crippen MR) is 105 cm³/mol. The third-order valence-corrected chi connectivity index (χ3v) is 4.71. The maximum absolute atomic E-state index is 13.0. The summed E-state index contributed by atoms with van der Waals surface area (Å²) in [6, 6.07) is 13.1. The first kappa shape index (κ1) is 15.6. The van der Waals surface area contributed by atoms with Crippen LogP contribution in [0.4, 0.5) is 13.2 Å². The van der Waals surface area contributed by atoms with Crippen molar-refractivity contribution in [2.75, 3.05) is 0 Å². The number of alkyl halides is 3. The lowest BCUT2D eigenvalue weighted by molar-refractivity contribution is -0.156. The van der Waals surface area contributed by atoms with Gasteiger partial charge in [0.05, 0.1) is 16.8 Å². The molecular weight excluding hydrogens is 409 g/mol. The molecule has 6 nitrogen and oxygen atoms in total. The van der Waals surface area contributed by atoms with E-state index in [0.717, 1.165) is 0 Å². The maximum Gasteiger partial charge on any atom is 0.470 e. The molecule has 31 heavy (non-hydrogen) atoms. The highest BCUT2D eigenvalue weighted by Gasteiger charge is 2.38. The Morgan fingerprint density at radius 3 is 2.52 bits per heavy atom. The van der Waals surface area contributed by atoms with Crippen LogP contribution < -0.4 is 0 Å². The van der Waals surface area contributed by atoms with Crippen LogP contribution in [0.5, 0.6) is 0 Å². The molecule has 2 aromatic carbocycles. The molecule has 0 unspecified atom stereocenters. The molecule has 152 valence electrons. The smallest absolute Gasteiger partial charge is 0.454 e. The molecule has 0 radical (unpaired) electrons. The number of nitriles is 1. The molecule has 0 atom stereocenters. The monoisotopic (exact) mass is 423 g/mol. The zero-order chi connectivity index (χ0) is 24.3. The number of halogens is 3. The van der Waals surface area contributed by atoms with Crippen LogP contribution in [0.15, 0.2) is 57.5 Å². The second-order valence-electron chi connectivity index (χ2n) is 6.60. The van der Waals surface area contributed by atoms with Crippen LogP contribution in [0.25, 0.3) is 44.7 Å². The molecule has 9 heteroatoms. The van der Waals surface area contributed by atoms with Gasteiger partial charge in [-0.2, -0.15) is 18.4 Å². The summed E-state index contributed by atoms with van der Waals surface area (Å²) in [7, 11) is 0. The normalized spacial score (nSPS) is 13.7. The van der Waals surface area contributed by atoms with Gasteiger partial charge >= 0.3 is 12.1 Å². The second kappa shape index (κ2) is 6.67. The minimum atomic E-state index is -4.85. The minimum Gasteiger partial charge on any atom is -0.454 e. The summed E-state index contributed by atoms with van der Waals surface area (Å²) in [5, 5.41) is 17.2. The van der Waals surface area contributed by atoms with E-state index in [1.54, 1.807) is 30.3 Å². The van der Waals surface area contributed by atoms with Crippen molar-refractivity contribution >= 4 is 21.9 Å². The molecule has 0 N–H and O–H groups in total.